The number of hydrogen-bond donors (Lipinski definition) is 3. The van der Waals surface area contributed by atoms with Gasteiger partial charge in [0.2, 0.25) is 4.34 Å². The van der Waals surface area contributed by atoms with Crippen molar-refractivity contribution in [2.45, 2.75) is 122 Å². The Labute approximate surface area is 271 Å². The number of anilines is 1. The molecule has 7 rings (SSSR count). The third-order valence-electron chi connectivity index (χ3n) is 14.4. The van der Waals surface area contributed by atoms with Crippen molar-refractivity contribution < 1.29 is 13.2 Å². The van der Waals surface area contributed by atoms with Gasteiger partial charge in [-0.1, -0.05) is 71.5 Å². The Balaban J connectivity index is 1.28. The first kappa shape index (κ1) is 31.5. The van der Waals surface area contributed by atoms with Crippen LogP contribution in [0.25, 0.3) is 0 Å². The monoisotopic (exact) mass is 654 g/mol. The second-order valence-corrected chi connectivity index (χ2v) is 20.1. The maximum Gasteiger partial charge on any atom is 0.267 e. The number of carbonyl (C=O) groups excluding carboxylic acids is 1. The van der Waals surface area contributed by atoms with Crippen LogP contribution in [-0.2, 0) is 33.1 Å². The van der Waals surface area contributed by atoms with Crippen LogP contribution in [0.1, 0.15) is 116 Å². The molecule has 5 N–H and O–H groups in total. The normalized spacial score (nSPS) is 39.8. The van der Waals surface area contributed by atoms with E-state index in [1.165, 1.54) is 29.7 Å². The average molecular weight is 655 g/mol. The Morgan fingerprint density at radius 3 is 2.42 bits per heavy atom. The molecule has 0 saturated heterocycles. The molecule has 9 nitrogen and oxygen atoms in total. The molecule has 0 aliphatic heterocycles. The summed E-state index contributed by atoms with van der Waals surface area (Å²) in [6.07, 6.45) is 11.7. The number of carbonyl (C=O) groups is 1. The summed E-state index contributed by atoms with van der Waals surface area (Å²) in [5, 5.41) is 21.4. The molecule has 0 aromatic carbocycles. The van der Waals surface area contributed by atoms with E-state index in [4.69, 9.17) is 10.9 Å². The summed E-state index contributed by atoms with van der Waals surface area (Å²) in [5.41, 5.74) is 10.2. The Kier molecular flexibility index (Phi) is 6.64. The zero-order chi connectivity index (χ0) is 32.6. The average Bonchev–Trinajstić information content (AvgIpc) is 3.55. The van der Waals surface area contributed by atoms with Crippen molar-refractivity contribution in [3.05, 3.63) is 27.9 Å². The Hall–Kier alpha value is -2.11. The number of primary sulfonamides is 1. The summed E-state index contributed by atoms with van der Waals surface area (Å²) in [6.45, 7) is 17.1. The molecule has 11 heteroatoms. The van der Waals surface area contributed by atoms with Gasteiger partial charge in [-0.15, -0.1) is 10.2 Å². The van der Waals surface area contributed by atoms with Crippen LogP contribution >= 0.6 is 11.3 Å². The molecule has 2 aromatic heterocycles. The quantitative estimate of drug-likeness (QED) is 0.335. The van der Waals surface area contributed by atoms with Gasteiger partial charge in [-0.2, -0.15) is 5.10 Å². The molecule has 2 heterocycles. The Morgan fingerprint density at radius 2 is 1.73 bits per heavy atom. The Bertz CT molecular complexity index is 1720. The number of fused-ring (bicyclic) bond motifs is 8. The number of nitrogens with one attached hydrogen (secondary N) is 1. The summed E-state index contributed by atoms with van der Waals surface area (Å²) in [5.74, 6) is 2.03. The lowest BCUT2D eigenvalue weighted by atomic mass is 9.33. The summed E-state index contributed by atoms with van der Waals surface area (Å²) in [6, 6.07) is 0. The van der Waals surface area contributed by atoms with E-state index in [0.717, 1.165) is 56.3 Å². The molecule has 0 bridgehead atoms. The van der Waals surface area contributed by atoms with Gasteiger partial charge >= 0.3 is 0 Å². The van der Waals surface area contributed by atoms with Crippen LogP contribution in [0.15, 0.2) is 16.0 Å². The van der Waals surface area contributed by atoms with Gasteiger partial charge in [-0.3, -0.25) is 9.89 Å². The Morgan fingerprint density at radius 1 is 1.02 bits per heavy atom. The molecule has 0 spiro atoms. The van der Waals surface area contributed by atoms with Gasteiger partial charge in [0.1, 0.15) is 16.6 Å². The van der Waals surface area contributed by atoms with Crippen molar-refractivity contribution in [3.63, 3.8) is 0 Å². The second-order valence-electron chi connectivity index (χ2n) is 17.3. The zero-order valence-corrected chi connectivity index (χ0v) is 29.6. The number of nitrogen functional groups attached to an aromatic ring is 1. The number of nitrogens with two attached hydrogens (primary N) is 2. The van der Waals surface area contributed by atoms with Crippen LogP contribution in [-0.4, -0.2) is 34.6 Å². The van der Waals surface area contributed by atoms with Crippen LogP contribution in [0.3, 0.4) is 0 Å². The molecule has 5 aliphatic carbocycles. The van der Waals surface area contributed by atoms with Crippen molar-refractivity contribution >= 4 is 33.0 Å². The van der Waals surface area contributed by atoms with E-state index in [2.05, 4.69) is 74.9 Å². The van der Waals surface area contributed by atoms with E-state index in [-0.39, 0.29) is 49.5 Å². The maximum atomic E-state index is 14.5. The molecule has 3 fully saturated rings. The van der Waals surface area contributed by atoms with Crippen LogP contribution in [0, 0.1) is 44.8 Å². The largest absolute Gasteiger partial charge is 0.382 e. The number of hydrogen-bond acceptors (Lipinski definition) is 8. The van der Waals surface area contributed by atoms with Crippen LogP contribution in [0.4, 0.5) is 5.82 Å². The smallest absolute Gasteiger partial charge is 0.267 e. The van der Waals surface area contributed by atoms with E-state index >= 15 is 0 Å². The highest BCUT2D eigenvalue weighted by Gasteiger charge is 2.69. The predicted octanol–water partition coefficient (Wildman–Crippen LogP) is 6.12. The van der Waals surface area contributed by atoms with Crippen LogP contribution in [0.5, 0.6) is 0 Å². The van der Waals surface area contributed by atoms with E-state index < -0.39 is 15.4 Å². The molecule has 3 unspecified atom stereocenters. The third-order valence-corrected chi connectivity index (χ3v) is 16.7. The number of allylic oxidation sites excluding steroid dienone is 2. The van der Waals surface area contributed by atoms with Crippen LogP contribution in [0.2, 0.25) is 0 Å². The van der Waals surface area contributed by atoms with Gasteiger partial charge in [0.15, 0.2) is 0 Å². The number of ketones is 1. The minimum atomic E-state index is -3.95. The number of rotatable bonds is 4. The highest BCUT2D eigenvalue weighted by atomic mass is 32.2. The lowest BCUT2D eigenvalue weighted by molar-refractivity contribution is -0.166. The number of sulfonamides is 1. The minimum Gasteiger partial charge on any atom is -0.382 e. The topological polar surface area (TPSA) is 158 Å². The first-order valence-electron chi connectivity index (χ1n) is 16.7. The summed E-state index contributed by atoms with van der Waals surface area (Å²) >= 11 is 0.925. The van der Waals surface area contributed by atoms with Gasteiger partial charge in [0.05, 0.1) is 6.42 Å². The van der Waals surface area contributed by atoms with Crippen LogP contribution < -0.4 is 10.9 Å². The number of Topliss-reactive ketones (excluding diaryl/α,β-unsaturated/α-hetero) is 1. The SMILES string of the molecule is CC1(C)CC[C@]2(C(=O)Cc3nnc(S(N)(=O)=O)s3)CC[C@]3(C)C(=CCC4[C@@]5(C)Cc6c(N)n[nH]c6C(C)(C)C5CC[C@]43C)C2C1. The fourth-order valence-electron chi connectivity index (χ4n) is 11.9. The predicted molar refractivity (Wildman–Crippen MR) is 176 cm³/mol. The number of H-pyrrole nitrogens is 1. The van der Waals surface area contributed by atoms with Gasteiger partial charge in [0, 0.05) is 22.1 Å². The van der Waals surface area contributed by atoms with Crippen molar-refractivity contribution in [1.29, 1.82) is 0 Å². The lowest BCUT2D eigenvalue weighted by Gasteiger charge is -2.70. The first-order valence-corrected chi connectivity index (χ1v) is 19.1. The van der Waals surface area contributed by atoms with Gasteiger partial charge < -0.3 is 5.73 Å². The molecule has 7 atom stereocenters. The molecule has 0 radical (unpaired) electrons. The highest BCUT2D eigenvalue weighted by molar-refractivity contribution is 7.91. The summed E-state index contributed by atoms with van der Waals surface area (Å²) < 4.78 is 23.5. The fourth-order valence-corrected chi connectivity index (χ4v) is 13.4. The minimum absolute atomic E-state index is 0.0122. The van der Waals surface area contributed by atoms with E-state index in [1.807, 2.05) is 0 Å². The van der Waals surface area contributed by atoms with E-state index in [0.29, 0.717) is 22.7 Å². The van der Waals surface area contributed by atoms with Gasteiger partial charge in [0.25, 0.3) is 10.0 Å². The summed E-state index contributed by atoms with van der Waals surface area (Å²) in [4.78, 5) is 14.5. The molecular formula is C34H50N6O3S2. The first-order chi connectivity index (χ1) is 20.8. The second kappa shape index (κ2) is 9.49. The van der Waals surface area contributed by atoms with Crippen molar-refractivity contribution in [1.82, 2.24) is 20.4 Å². The maximum absolute atomic E-state index is 14.5. The van der Waals surface area contributed by atoms with Gasteiger partial charge in [-0.25, -0.2) is 13.6 Å². The van der Waals surface area contributed by atoms with Crippen molar-refractivity contribution in [2.75, 3.05) is 5.73 Å². The van der Waals surface area contributed by atoms with Crippen molar-refractivity contribution in [3.8, 4) is 0 Å². The lowest BCUT2D eigenvalue weighted by Crippen LogP contribution is -2.64. The molecule has 45 heavy (non-hydrogen) atoms. The highest BCUT2D eigenvalue weighted by Crippen LogP contribution is 2.75. The molecular weight excluding hydrogens is 605 g/mol. The number of aromatic amines is 1. The third kappa shape index (κ3) is 4.21. The number of aromatic nitrogens is 4. The van der Waals surface area contributed by atoms with Gasteiger partial charge in [-0.05, 0) is 97.2 Å². The zero-order valence-electron chi connectivity index (χ0n) is 27.9. The number of nitrogens with zero attached hydrogens (tertiary/aromatic N) is 3. The van der Waals surface area contributed by atoms with E-state index in [1.54, 1.807) is 0 Å². The molecule has 246 valence electrons. The standard InChI is InChI=1S/C34H50N6O3S2/c1-29(2)12-14-34(24(41)16-25-37-40-28(44-25)45(36,42)43)15-13-32(6)20(21(34)18-29)8-9-23-31(5)17-19-26(38-39-27(19)35)30(3,4)22(31)10-11-33(23,32)7/h8,21-23H,9-18H2,1-7H3,(H3,35,38,39)(H2,36,42,43)/t21?,22?,23?,31-,32+,33+,34-/m0/s1. The van der Waals surface area contributed by atoms with E-state index in [9.17, 15) is 13.2 Å². The fraction of sp³-hybridized carbons (Fsp3) is 0.765. The summed E-state index contributed by atoms with van der Waals surface area (Å²) in [7, 11) is -3.95. The molecule has 2 aromatic rings. The molecule has 5 aliphatic rings. The molecule has 0 amide bonds. The molecule has 3 saturated carbocycles. The van der Waals surface area contributed by atoms with Crippen molar-refractivity contribution in [2.24, 2.45) is 50.0 Å².